The van der Waals surface area contributed by atoms with Crippen molar-refractivity contribution in [1.29, 1.82) is 0 Å². The molecule has 0 aliphatic rings. The second-order valence-electron chi connectivity index (χ2n) is 5.49. The Morgan fingerprint density at radius 3 is 2.50 bits per heavy atom. The van der Waals surface area contributed by atoms with Gasteiger partial charge in [0.15, 0.2) is 0 Å². The SMILES string of the molecule is CCOC(=O)C(C)(Cn1nc(C)c(Br)c1C)NC(C)C. The quantitative estimate of drug-likeness (QED) is 0.805. The zero-order valence-electron chi connectivity index (χ0n) is 13.1. The topological polar surface area (TPSA) is 56.2 Å². The van der Waals surface area contributed by atoms with Crippen molar-refractivity contribution in [1.82, 2.24) is 15.1 Å². The molecule has 1 rings (SSSR count). The maximum absolute atomic E-state index is 12.3. The lowest BCUT2D eigenvalue weighted by molar-refractivity contribution is -0.151. The molecule has 1 N–H and O–H groups in total. The Labute approximate surface area is 129 Å². The molecule has 0 aromatic carbocycles. The number of hydrogen-bond donors (Lipinski definition) is 1. The fraction of sp³-hybridized carbons (Fsp3) is 0.714. The van der Waals surface area contributed by atoms with Crippen LogP contribution in [0.25, 0.3) is 0 Å². The molecule has 1 heterocycles. The molecule has 20 heavy (non-hydrogen) atoms. The van der Waals surface area contributed by atoms with E-state index in [0.717, 1.165) is 15.9 Å². The van der Waals surface area contributed by atoms with E-state index in [1.165, 1.54) is 0 Å². The minimum atomic E-state index is -0.799. The van der Waals surface area contributed by atoms with Gasteiger partial charge in [0.2, 0.25) is 0 Å². The van der Waals surface area contributed by atoms with Gasteiger partial charge >= 0.3 is 5.97 Å². The molecule has 0 aliphatic heterocycles. The lowest BCUT2D eigenvalue weighted by Crippen LogP contribution is -2.56. The molecule has 0 fully saturated rings. The maximum atomic E-state index is 12.3. The summed E-state index contributed by atoms with van der Waals surface area (Å²) < 4.78 is 8.02. The molecule has 114 valence electrons. The predicted octanol–water partition coefficient (Wildman–Crippen LogP) is 2.58. The largest absolute Gasteiger partial charge is 0.465 e. The van der Waals surface area contributed by atoms with E-state index in [2.05, 4.69) is 26.3 Å². The van der Waals surface area contributed by atoms with Crippen LogP contribution in [0.3, 0.4) is 0 Å². The van der Waals surface area contributed by atoms with Gasteiger partial charge in [-0.05, 0) is 57.5 Å². The van der Waals surface area contributed by atoms with Crippen molar-refractivity contribution < 1.29 is 9.53 Å². The van der Waals surface area contributed by atoms with Crippen molar-refractivity contribution in [3.05, 3.63) is 15.9 Å². The number of carbonyl (C=O) groups excluding carboxylic acids is 1. The summed E-state index contributed by atoms with van der Waals surface area (Å²) in [6.07, 6.45) is 0. The lowest BCUT2D eigenvalue weighted by atomic mass is 10.0. The smallest absolute Gasteiger partial charge is 0.327 e. The highest BCUT2D eigenvalue weighted by Gasteiger charge is 2.36. The number of nitrogens with zero attached hydrogens (tertiary/aromatic N) is 2. The first-order chi connectivity index (χ1) is 9.21. The highest BCUT2D eigenvalue weighted by atomic mass is 79.9. The molecule has 0 spiro atoms. The van der Waals surface area contributed by atoms with Crippen LogP contribution < -0.4 is 5.32 Å². The summed E-state index contributed by atoms with van der Waals surface area (Å²) in [4.78, 5) is 12.3. The van der Waals surface area contributed by atoms with E-state index in [1.54, 1.807) is 0 Å². The van der Waals surface area contributed by atoms with Gasteiger partial charge < -0.3 is 4.74 Å². The summed E-state index contributed by atoms with van der Waals surface area (Å²) in [6.45, 7) is 12.4. The molecule has 1 unspecified atom stereocenters. The molecule has 5 nitrogen and oxygen atoms in total. The number of hydrogen-bond acceptors (Lipinski definition) is 4. The zero-order chi connectivity index (χ0) is 15.5. The molecule has 1 aromatic rings. The Morgan fingerprint density at radius 1 is 1.50 bits per heavy atom. The Morgan fingerprint density at radius 2 is 2.10 bits per heavy atom. The van der Waals surface area contributed by atoms with Crippen LogP contribution in [0.1, 0.15) is 39.1 Å². The Hall–Kier alpha value is -0.880. The van der Waals surface area contributed by atoms with E-state index in [9.17, 15) is 4.79 Å². The molecule has 0 saturated carbocycles. The van der Waals surface area contributed by atoms with E-state index in [0.29, 0.717) is 13.2 Å². The van der Waals surface area contributed by atoms with Crippen molar-refractivity contribution in [2.75, 3.05) is 6.61 Å². The van der Waals surface area contributed by atoms with Crippen molar-refractivity contribution in [3.63, 3.8) is 0 Å². The number of aromatic nitrogens is 2. The number of ether oxygens (including phenoxy) is 1. The predicted molar refractivity (Wildman–Crippen MR) is 82.7 cm³/mol. The van der Waals surface area contributed by atoms with Crippen molar-refractivity contribution >= 4 is 21.9 Å². The van der Waals surface area contributed by atoms with Gasteiger partial charge in [0, 0.05) is 11.7 Å². The van der Waals surface area contributed by atoms with Gasteiger partial charge in [-0.15, -0.1) is 0 Å². The first-order valence-corrected chi connectivity index (χ1v) is 7.65. The second-order valence-corrected chi connectivity index (χ2v) is 6.29. The molecule has 6 heteroatoms. The Balaban J connectivity index is 3.05. The summed E-state index contributed by atoms with van der Waals surface area (Å²) >= 11 is 3.51. The van der Waals surface area contributed by atoms with E-state index >= 15 is 0 Å². The minimum absolute atomic E-state index is 0.171. The minimum Gasteiger partial charge on any atom is -0.465 e. The average molecular weight is 346 g/mol. The first kappa shape index (κ1) is 17.2. The molecule has 1 atom stereocenters. The van der Waals surface area contributed by atoms with E-state index in [-0.39, 0.29) is 12.0 Å². The summed E-state index contributed by atoms with van der Waals surface area (Å²) in [5, 5.41) is 7.76. The fourth-order valence-electron chi connectivity index (χ4n) is 2.23. The Bertz CT molecular complexity index is 485. The van der Waals surface area contributed by atoms with E-state index < -0.39 is 5.54 Å². The number of nitrogens with one attached hydrogen (secondary N) is 1. The van der Waals surface area contributed by atoms with Gasteiger partial charge in [-0.25, -0.2) is 4.79 Å². The van der Waals surface area contributed by atoms with Gasteiger partial charge in [-0.1, -0.05) is 0 Å². The molecule has 0 amide bonds. The molecule has 0 bridgehead atoms. The summed E-state index contributed by atoms with van der Waals surface area (Å²) in [6, 6.07) is 0.171. The highest BCUT2D eigenvalue weighted by Crippen LogP contribution is 2.22. The molecular weight excluding hydrogens is 322 g/mol. The van der Waals surface area contributed by atoms with Gasteiger partial charge in [-0.2, -0.15) is 5.10 Å². The van der Waals surface area contributed by atoms with Crippen molar-refractivity contribution in [2.24, 2.45) is 0 Å². The van der Waals surface area contributed by atoms with Gasteiger partial charge in [0.05, 0.1) is 23.3 Å². The van der Waals surface area contributed by atoms with Crippen LogP contribution >= 0.6 is 15.9 Å². The van der Waals surface area contributed by atoms with Gasteiger partial charge in [-0.3, -0.25) is 10.00 Å². The monoisotopic (exact) mass is 345 g/mol. The van der Waals surface area contributed by atoms with Crippen LogP contribution in [0.5, 0.6) is 0 Å². The average Bonchev–Trinajstić information content (AvgIpc) is 2.56. The third-order valence-corrected chi connectivity index (χ3v) is 4.24. The summed E-state index contributed by atoms with van der Waals surface area (Å²) in [5.74, 6) is -0.252. The standard InChI is InChI=1S/C14H24BrN3O2/c1-7-20-13(19)14(6,16-9(2)3)8-18-11(5)12(15)10(4)17-18/h9,16H,7-8H2,1-6H3. The van der Waals surface area contributed by atoms with Gasteiger partial charge in [0.1, 0.15) is 5.54 Å². The third-order valence-electron chi connectivity index (χ3n) is 3.09. The zero-order valence-corrected chi connectivity index (χ0v) is 14.7. The molecule has 1 aromatic heterocycles. The lowest BCUT2D eigenvalue weighted by Gasteiger charge is -2.31. The number of aryl methyl sites for hydroxylation is 1. The van der Waals surface area contributed by atoms with Crippen LogP contribution in [0.2, 0.25) is 0 Å². The molecule has 0 radical (unpaired) electrons. The molecule has 0 saturated heterocycles. The first-order valence-electron chi connectivity index (χ1n) is 6.85. The third kappa shape index (κ3) is 3.82. The fourth-order valence-corrected chi connectivity index (χ4v) is 2.51. The van der Waals surface area contributed by atoms with Crippen LogP contribution in [0.4, 0.5) is 0 Å². The number of halogens is 1. The second kappa shape index (κ2) is 6.72. The van der Waals surface area contributed by atoms with Crippen molar-refractivity contribution in [2.45, 2.75) is 59.7 Å². The van der Waals surface area contributed by atoms with Crippen LogP contribution in [-0.2, 0) is 16.1 Å². The van der Waals surface area contributed by atoms with Crippen LogP contribution in [0.15, 0.2) is 4.47 Å². The number of rotatable bonds is 6. The molecule has 0 aliphatic carbocycles. The van der Waals surface area contributed by atoms with Gasteiger partial charge in [0.25, 0.3) is 0 Å². The summed E-state index contributed by atoms with van der Waals surface area (Å²) in [5.41, 5.74) is 1.12. The molecular formula is C14H24BrN3O2. The van der Waals surface area contributed by atoms with Crippen LogP contribution in [0, 0.1) is 13.8 Å². The number of esters is 1. The van der Waals surface area contributed by atoms with Crippen LogP contribution in [-0.4, -0.2) is 33.9 Å². The maximum Gasteiger partial charge on any atom is 0.327 e. The van der Waals surface area contributed by atoms with E-state index in [1.807, 2.05) is 46.2 Å². The van der Waals surface area contributed by atoms with Crippen molar-refractivity contribution in [3.8, 4) is 0 Å². The summed E-state index contributed by atoms with van der Waals surface area (Å²) in [7, 11) is 0. The Kier molecular flexibility index (Phi) is 5.77. The highest BCUT2D eigenvalue weighted by molar-refractivity contribution is 9.10. The number of carbonyl (C=O) groups is 1. The van der Waals surface area contributed by atoms with E-state index in [4.69, 9.17) is 4.74 Å². The normalized spacial score (nSPS) is 14.4.